The number of esters is 1. The van der Waals surface area contributed by atoms with Crippen LogP contribution < -0.4 is 5.32 Å². The maximum atomic E-state index is 13.1. The average Bonchev–Trinajstić information content (AvgIpc) is 3.16. The molecular weight excluding hydrogens is 440 g/mol. The Morgan fingerprint density at radius 2 is 1.88 bits per heavy atom. The van der Waals surface area contributed by atoms with Gasteiger partial charge in [-0.2, -0.15) is 0 Å². The second kappa shape index (κ2) is 10.3. The van der Waals surface area contributed by atoms with Crippen molar-refractivity contribution in [1.29, 1.82) is 0 Å². The van der Waals surface area contributed by atoms with Crippen LogP contribution in [0.2, 0.25) is 0 Å². The lowest BCUT2D eigenvalue weighted by atomic mass is 10.0. The molecule has 2 aromatic carbocycles. The number of benzene rings is 2. The molecule has 0 aliphatic carbocycles. The molecule has 0 fully saturated rings. The smallest absolute Gasteiger partial charge is 0.341 e. The molecule has 1 aliphatic rings. The predicted molar refractivity (Wildman–Crippen MR) is 131 cm³/mol. The molecule has 0 atom stereocenters. The van der Waals surface area contributed by atoms with Gasteiger partial charge in [0.25, 0.3) is 5.91 Å². The third kappa shape index (κ3) is 4.90. The van der Waals surface area contributed by atoms with E-state index >= 15 is 0 Å². The molecule has 1 aromatic heterocycles. The zero-order valence-electron chi connectivity index (χ0n) is 18.2. The monoisotopic (exact) mass is 466 g/mol. The topological polar surface area (TPSA) is 58.6 Å². The first-order valence-electron chi connectivity index (χ1n) is 10.6. The third-order valence-corrected chi connectivity index (χ3v) is 7.37. The van der Waals surface area contributed by atoms with Gasteiger partial charge >= 0.3 is 5.97 Å². The zero-order valence-corrected chi connectivity index (χ0v) is 19.9. The van der Waals surface area contributed by atoms with Crippen LogP contribution in [0.4, 0.5) is 5.00 Å². The first-order chi connectivity index (χ1) is 15.6. The van der Waals surface area contributed by atoms with Crippen molar-refractivity contribution in [2.75, 3.05) is 24.7 Å². The van der Waals surface area contributed by atoms with Gasteiger partial charge in [0.2, 0.25) is 0 Å². The van der Waals surface area contributed by atoms with Crippen LogP contribution in [0.25, 0.3) is 0 Å². The molecule has 166 valence electrons. The molecule has 0 radical (unpaired) electrons. The minimum atomic E-state index is -0.366. The number of hydrogen-bond donors (Lipinski definition) is 1. The van der Waals surface area contributed by atoms with E-state index in [9.17, 15) is 9.59 Å². The number of fused-ring (bicyclic) bond motifs is 1. The van der Waals surface area contributed by atoms with Crippen molar-refractivity contribution >= 4 is 40.0 Å². The number of carbonyl (C=O) groups excluding carboxylic acids is 2. The number of thioether (sulfide) groups is 1. The van der Waals surface area contributed by atoms with Crippen LogP contribution in [0.5, 0.6) is 0 Å². The molecule has 2 heterocycles. The summed E-state index contributed by atoms with van der Waals surface area (Å²) >= 11 is 3.01. The van der Waals surface area contributed by atoms with Gasteiger partial charge in [0.05, 0.1) is 17.7 Å². The highest BCUT2D eigenvalue weighted by Crippen LogP contribution is 2.38. The van der Waals surface area contributed by atoms with Crippen molar-refractivity contribution in [2.45, 2.75) is 31.3 Å². The van der Waals surface area contributed by atoms with Gasteiger partial charge in [-0.3, -0.25) is 9.69 Å². The zero-order chi connectivity index (χ0) is 22.5. The number of hydrogen-bond acceptors (Lipinski definition) is 6. The molecule has 32 heavy (non-hydrogen) atoms. The molecule has 4 rings (SSSR count). The molecular formula is C25H26N2O3S2. The number of amides is 1. The standard InChI is InChI=1S/C25H26N2O3S2/c1-3-30-25(29)22-18-13-14-27(15-17-9-5-4-6-10-17)16-21(18)32-24(22)26-23(28)19-11-7-8-12-20(19)31-2/h4-12H,3,13-16H2,1-2H3,(H,26,28). The maximum absolute atomic E-state index is 13.1. The fourth-order valence-electron chi connectivity index (χ4n) is 3.94. The number of nitrogens with one attached hydrogen (secondary N) is 1. The fraction of sp³-hybridized carbons (Fsp3) is 0.280. The minimum Gasteiger partial charge on any atom is -0.462 e. The quantitative estimate of drug-likeness (QED) is 0.370. The van der Waals surface area contributed by atoms with Gasteiger partial charge in [-0.15, -0.1) is 23.1 Å². The summed E-state index contributed by atoms with van der Waals surface area (Å²) in [5.41, 5.74) is 3.39. The second-order valence-electron chi connectivity index (χ2n) is 7.53. The van der Waals surface area contributed by atoms with Crippen LogP contribution in [-0.2, 0) is 24.2 Å². The molecule has 1 amide bonds. The van der Waals surface area contributed by atoms with Crippen molar-refractivity contribution in [2.24, 2.45) is 0 Å². The van der Waals surface area contributed by atoms with E-state index in [2.05, 4.69) is 34.5 Å². The first kappa shape index (κ1) is 22.6. The lowest BCUT2D eigenvalue weighted by molar-refractivity contribution is 0.0526. The molecule has 3 aromatic rings. The normalized spacial score (nSPS) is 13.4. The predicted octanol–water partition coefficient (Wildman–Crippen LogP) is 5.46. The SMILES string of the molecule is CCOC(=O)c1c(NC(=O)c2ccccc2SC)sc2c1CCN(Cc1ccccc1)C2. The summed E-state index contributed by atoms with van der Waals surface area (Å²) in [5, 5.41) is 3.59. The van der Waals surface area contributed by atoms with E-state index in [0.29, 0.717) is 22.7 Å². The Labute approximate surface area is 196 Å². The third-order valence-electron chi connectivity index (χ3n) is 5.44. The van der Waals surface area contributed by atoms with E-state index in [1.807, 2.05) is 30.5 Å². The number of rotatable bonds is 7. The van der Waals surface area contributed by atoms with Crippen LogP contribution in [0.15, 0.2) is 59.5 Å². The van der Waals surface area contributed by atoms with E-state index in [0.717, 1.165) is 41.4 Å². The van der Waals surface area contributed by atoms with E-state index in [-0.39, 0.29) is 11.9 Å². The summed E-state index contributed by atoms with van der Waals surface area (Å²) in [6.45, 7) is 4.56. The summed E-state index contributed by atoms with van der Waals surface area (Å²) in [6.07, 6.45) is 2.70. The van der Waals surface area contributed by atoms with E-state index in [4.69, 9.17) is 4.74 Å². The summed E-state index contributed by atoms with van der Waals surface area (Å²) < 4.78 is 5.35. The number of carbonyl (C=O) groups is 2. The van der Waals surface area contributed by atoms with E-state index in [1.165, 1.54) is 28.7 Å². The molecule has 5 nitrogen and oxygen atoms in total. The number of nitrogens with zero attached hydrogens (tertiary/aromatic N) is 1. The van der Waals surface area contributed by atoms with Gasteiger partial charge in [-0.05, 0) is 42.9 Å². The summed E-state index contributed by atoms with van der Waals surface area (Å²) in [4.78, 5) is 30.3. The van der Waals surface area contributed by atoms with Crippen LogP contribution in [-0.4, -0.2) is 36.2 Å². The molecule has 0 saturated carbocycles. The van der Waals surface area contributed by atoms with Crippen molar-refractivity contribution in [3.05, 3.63) is 81.7 Å². The lowest BCUT2D eigenvalue weighted by Crippen LogP contribution is -2.29. The summed E-state index contributed by atoms with van der Waals surface area (Å²) in [6, 6.07) is 17.9. The highest BCUT2D eigenvalue weighted by atomic mass is 32.2. The Balaban J connectivity index is 1.61. The van der Waals surface area contributed by atoms with Gasteiger partial charge in [-0.1, -0.05) is 42.5 Å². The van der Waals surface area contributed by atoms with Crippen LogP contribution in [0.3, 0.4) is 0 Å². The molecule has 0 saturated heterocycles. The molecule has 0 bridgehead atoms. The molecule has 1 aliphatic heterocycles. The van der Waals surface area contributed by atoms with Crippen LogP contribution in [0, 0.1) is 0 Å². The van der Waals surface area contributed by atoms with Crippen molar-refractivity contribution in [3.63, 3.8) is 0 Å². The van der Waals surface area contributed by atoms with Gasteiger partial charge in [0, 0.05) is 29.4 Å². The summed E-state index contributed by atoms with van der Waals surface area (Å²) in [5.74, 6) is -0.574. The van der Waals surface area contributed by atoms with Gasteiger partial charge < -0.3 is 10.1 Å². The van der Waals surface area contributed by atoms with Crippen LogP contribution >= 0.6 is 23.1 Å². The highest BCUT2D eigenvalue weighted by Gasteiger charge is 2.30. The van der Waals surface area contributed by atoms with E-state index < -0.39 is 0 Å². The second-order valence-corrected chi connectivity index (χ2v) is 9.48. The van der Waals surface area contributed by atoms with Gasteiger partial charge in [0.15, 0.2) is 0 Å². The number of ether oxygens (including phenoxy) is 1. The lowest BCUT2D eigenvalue weighted by Gasteiger charge is -2.27. The molecule has 1 N–H and O–H groups in total. The Kier molecular flexibility index (Phi) is 7.29. The van der Waals surface area contributed by atoms with Crippen molar-refractivity contribution in [1.82, 2.24) is 4.90 Å². The Morgan fingerprint density at radius 3 is 2.62 bits per heavy atom. The Hall–Kier alpha value is -2.61. The Morgan fingerprint density at radius 1 is 1.12 bits per heavy atom. The van der Waals surface area contributed by atoms with E-state index in [1.54, 1.807) is 13.0 Å². The number of anilines is 1. The van der Waals surface area contributed by atoms with Gasteiger partial charge in [-0.25, -0.2) is 4.79 Å². The molecule has 7 heteroatoms. The van der Waals surface area contributed by atoms with Crippen LogP contribution in [0.1, 0.15) is 43.6 Å². The van der Waals surface area contributed by atoms with Crippen molar-refractivity contribution in [3.8, 4) is 0 Å². The fourth-order valence-corrected chi connectivity index (χ4v) is 5.81. The number of thiophene rings is 1. The van der Waals surface area contributed by atoms with Crippen molar-refractivity contribution < 1.29 is 14.3 Å². The maximum Gasteiger partial charge on any atom is 0.341 e. The largest absolute Gasteiger partial charge is 0.462 e. The first-order valence-corrected chi connectivity index (χ1v) is 12.7. The van der Waals surface area contributed by atoms with Gasteiger partial charge in [0.1, 0.15) is 5.00 Å². The highest BCUT2D eigenvalue weighted by molar-refractivity contribution is 7.98. The Bertz CT molecular complexity index is 1110. The minimum absolute atomic E-state index is 0.208. The summed E-state index contributed by atoms with van der Waals surface area (Å²) in [7, 11) is 0. The molecule has 0 spiro atoms. The molecule has 0 unspecified atom stereocenters. The average molecular weight is 467 g/mol.